The molecule has 88 valence electrons. The number of hydrogen-bond donors (Lipinski definition) is 0. The van der Waals surface area contributed by atoms with E-state index in [2.05, 4.69) is 35.0 Å². The molecule has 1 aromatic heterocycles. The highest BCUT2D eigenvalue weighted by Gasteiger charge is 2.02. The van der Waals surface area contributed by atoms with Crippen LogP contribution in [-0.2, 0) is 6.54 Å². The Labute approximate surface area is 101 Å². The van der Waals surface area contributed by atoms with E-state index in [0.29, 0.717) is 13.0 Å². The molecular weight excluding hydrogens is 212 g/mol. The second-order valence-electron chi connectivity index (χ2n) is 3.92. The molecule has 0 aliphatic rings. The van der Waals surface area contributed by atoms with E-state index in [1.54, 1.807) is 0 Å². The third-order valence-electron chi connectivity index (χ3n) is 2.74. The Balaban J connectivity index is 2.20. The monoisotopic (exact) mass is 228 g/mol. The number of aromatic nitrogens is 1. The fraction of sp³-hybridized carbons (Fsp3) is 0.357. The third kappa shape index (κ3) is 2.59. The van der Waals surface area contributed by atoms with Crippen LogP contribution >= 0.6 is 0 Å². The lowest BCUT2D eigenvalue weighted by molar-refractivity contribution is 0.340. The molecule has 1 heterocycles. The van der Waals surface area contributed by atoms with E-state index in [-0.39, 0.29) is 0 Å². The molecule has 0 fully saturated rings. The van der Waals surface area contributed by atoms with Crippen molar-refractivity contribution in [2.75, 3.05) is 6.61 Å². The summed E-state index contributed by atoms with van der Waals surface area (Å²) in [5, 5.41) is 9.72. The summed E-state index contributed by atoms with van der Waals surface area (Å²) >= 11 is 0. The first-order valence-corrected chi connectivity index (χ1v) is 5.94. The maximum absolute atomic E-state index is 8.53. The predicted octanol–water partition coefficient (Wildman–Crippen LogP) is 3.34. The molecule has 0 amide bonds. The van der Waals surface area contributed by atoms with E-state index in [1.165, 1.54) is 10.9 Å². The van der Waals surface area contributed by atoms with E-state index >= 15 is 0 Å². The molecule has 0 aliphatic carbocycles. The van der Waals surface area contributed by atoms with E-state index in [4.69, 9.17) is 10.00 Å². The van der Waals surface area contributed by atoms with Crippen molar-refractivity contribution in [1.82, 2.24) is 4.57 Å². The van der Waals surface area contributed by atoms with Crippen LogP contribution < -0.4 is 4.74 Å². The van der Waals surface area contributed by atoms with Crippen molar-refractivity contribution in [3.63, 3.8) is 0 Å². The highest BCUT2D eigenvalue weighted by molar-refractivity contribution is 5.81. The highest BCUT2D eigenvalue weighted by atomic mass is 16.5. The van der Waals surface area contributed by atoms with Gasteiger partial charge in [-0.1, -0.05) is 0 Å². The molecule has 0 saturated heterocycles. The lowest BCUT2D eigenvalue weighted by Crippen LogP contribution is -1.95. The van der Waals surface area contributed by atoms with Crippen LogP contribution in [0.1, 0.15) is 19.8 Å². The molecule has 0 aliphatic heterocycles. The molecule has 0 atom stereocenters. The van der Waals surface area contributed by atoms with Crippen LogP contribution in [0, 0.1) is 11.3 Å². The molecule has 2 rings (SSSR count). The van der Waals surface area contributed by atoms with Crippen molar-refractivity contribution in [3.8, 4) is 11.8 Å². The maximum Gasteiger partial charge on any atom is 0.120 e. The molecule has 0 N–H and O–H groups in total. The highest BCUT2D eigenvalue weighted by Crippen LogP contribution is 2.22. The SMILES string of the molecule is CCOc1ccc2c(ccn2CCCC#N)c1. The van der Waals surface area contributed by atoms with Crippen molar-refractivity contribution < 1.29 is 4.74 Å². The smallest absolute Gasteiger partial charge is 0.120 e. The largest absolute Gasteiger partial charge is 0.494 e. The van der Waals surface area contributed by atoms with Crippen LogP contribution in [0.5, 0.6) is 5.75 Å². The summed E-state index contributed by atoms with van der Waals surface area (Å²) in [5.74, 6) is 0.912. The minimum absolute atomic E-state index is 0.608. The Morgan fingerprint density at radius 1 is 1.35 bits per heavy atom. The van der Waals surface area contributed by atoms with Gasteiger partial charge in [-0.25, -0.2) is 0 Å². The number of aryl methyl sites for hydroxylation is 1. The topological polar surface area (TPSA) is 38.0 Å². The number of hydrogen-bond acceptors (Lipinski definition) is 2. The molecule has 17 heavy (non-hydrogen) atoms. The Bertz CT molecular complexity index is 537. The Hall–Kier alpha value is -1.95. The van der Waals surface area contributed by atoms with Crippen LogP contribution in [0.15, 0.2) is 30.5 Å². The van der Waals surface area contributed by atoms with Gasteiger partial charge in [0.25, 0.3) is 0 Å². The van der Waals surface area contributed by atoms with Gasteiger partial charge in [-0.2, -0.15) is 5.26 Å². The molecule has 3 heteroatoms. The molecule has 1 aromatic carbocycles. The average Bonchev–Trinajstić information content (AvgIpc) is 2.73. The third-order valence-corrected chi connectivity index (χ3v) is 2.74. The number of benzene rings is 1. The normalized spacial score (nSPS) is 10.4. The first kappa shape index (κ1) is 11.5. The summed E-state index contributed by atoms with van der Waals surface area (Å²) in [7, 11) is 0. The fourth-order valence-corrected chi connectivity index (χ4v) is 1.96. The van der Waals surface area contributed by atoms with Gasteiger partial charge in [0.05, 0.1) is 12.7 Å². The quantitative estimate of drug-likeness (QED) is 0.736. The summed E-state index contributed by atoms with van der Waals surface area (Å²) in [5.41, 5.74) is 1.20. The lowest BCUT2D eigenvalue weighted by atomic mass is 10.2. The standard InChI is InChI=1S/C14H16N2O/c1-2-17-13-5-6-14-12(11-13)7-10-16(14)9-4-3-8-15/h5-7,10-11H,2-4,9H2,1H3. The Morgan fingerprint density at radius 2 is 2.24 bits per heavy atom. The van der Waals surface area contributed by atoms with Gasteiger partial charge in [-0.15, -0.1) is 0 Å². The molecular formula is C14H16N2O. The summed E-state index contributed by atoms with van der Waals surface area (Å²) in [6.45, 7) is 3.57. The first-order chi connectivity index (χ1) is 8.35. The fourth-order valence-electron chi connectivity index (χ4n) is 1.96. The van der Waals surface area contributed by atoms with Crippen LogP contribution in [0.3, 0.4) is 0 Å². The zero-order chi connectivity index (χ0) is 12.1. The summed E-state index contributed by atoms with van der Waals surface area (Å²) in [4.78, 5) is 0. The van der Waals surface area contributed by atoms with Gasteiger partial charge in [-0.3, -0.25) is 0 Å². The van der Waals surface area contributed by atoms with Crippen LogP contribution in [-0.4, -0.2) is 11.2 Å². The zero-order valence-electron chi connectivity index (χ0n) is 10.0. The summed E-state index contributed by atoms with van der Waals surface area (Å²) in [6, 6.07) is 10.4. The van der Waals surface area contributed by atoms with E-state index in [9.17, 15) is 0 Å². The number of nitriles is 1. The molecule has 3 nitrogen and oxygen atoms in total. The van der Waals surface area contributed by atoms with E-state index in [0.717, 1.165) is 18.7 Å². The lowest BCUT2D eigenvalue weighted by Gasteiger charge is -2.05. The predicted molar refractivity (Wildman–Crippen MR) is 68.0 cm³/mol. The second kappa shape index (κ2) is 5.40. The van der Waals surface area contributed by atoms with Crippen LogP contribution in [0.4, 0.5) is 0 Å². The van der Waals surface area contributed by atoms with Gasteiger partial charge in [0, 0.05) is 30.1 Å². The number of rotatable bonds is 5. The Morgan fingerprint density at radius 3 is 3.00 bits per heavy atom. The first-order valence-electron chi connectivity index (χ1n) is 5.94. The van der Waals surface area contributed by atoms with E-state index in [1.807, 2.05) is 13.0 Å². The molecule has 2 aromatic rings. The minimum atomic E-state index is 0.608. The van der Waals surface area contributed by atoms with Crippen molar-refractivity contribution in [2.45, 2.75) is 26.3 Å². The van der Waals surface area contributed by atoms with E-state index < -0.39 is 0 Å². The Kier molecular flexibility index (Phi) is 3.66. The summed E-state index contributed by atoms with van der Waals surface area (Å²) in [6.07, 6.45) is 3.57. The zero-order valence-corrected chi connectivity index (χ0v) is 10.0. The summed E-state index contributed by atoms with van der Waals surface area (Å²) < 4.78 is 7.65. The molecule has 0 saturated carbocycles. The van der Waals surface area contributed by atoms with Crippen LogP contribution in [0.2, 0.25) is 0 Å². The number of fused-ring (bicyclic) bond motifs is 1. The molecule has 0 unspecified atom stereocenters. The average molecular weight is 228 g/mol. The van der Waals surface area contributed by atoms with Crippen LogP contribution in [0.25, 0.3) is 10.9 Å². The van der Waals surface area contributed by atoms with Crippen molar-refractivity contribution in [1.29, 1.82) is 5.26 Å². The van der Waals surface area contributed by atoms with Gasteiger partial charge in [-0.05, 0) is 37.6 Å². The number of unbranched alkanes of at least 4 members (excludes halogenated alkanes) is 1. The molecule has 0 spiro atoms. The maximum atomic E-state index is 8.53. The van der Waals surface area contributed by atoms with Crippen molar-refractivity contribution >= 4 is 10.9 Å². The van der Waals surface area contributed by atoms with Gasteiger partial charge < -0.3 is 9.30 Å². The molecule has 0 radical (unpaired) electrons. The second-order valence-corrected chi connectivity index (χ2v) is 3.92. The van der Waals surface area contributed by atoms with Gasteiger partial charge in [0.1, 0.15) is 5.75 Å². The van der Waals surface area contributed by atoms with Gasteiger partial charge >= 0.3 is 0 Å². The van der Waals surface area contributed by atoms with Gasteiger partial charge in [0.15, 0.2) is 0 Å². The minimum Gasteiger partial charge on any atom is -0.494 e. The number of ether oxygens (including phenoxy) is 1. The van der Waals surface area contributed by atoms with Crippen molar-refractivity contribution in [3.05, 3.63) is 30.5 Å². The van der Waals surface area contributed by atoms with Gasteiger partial charge in [0.2, 0.25) is 0 Å². The number of nitrogens with zero attached hydrogens (tertiary/aromatic N) is 2. The molecule has 0 bridgehead atoms. The van der Waals surface area contributed by atoms with Crippen molar-refractivity contribution in [2.24, 2.45) is 0 Å².